The molecule has 0 aromatic heterocycles. The molecule has 0 spiro atoms. The minimum Gasteiger partial charge on any atom is -0.494 e. The molecule has 8 heteroatoms. The number of hydrogen-bond acceptors (Lipinski definition) is 8. The zero-order valence-electron chi connectivity index (χ0n) is 25.7. The van der Waals surface area contributed by atoms with E-state index in [2.05, 4.69) is 13.2 Å². The summed E-state index contributed by atoms with van der Waals surface area (Å²) in [6.07, 6.45) is 9.59. The van der Waals surface area contributed by atoms with Gasteiger partial charge in [0.05, 0.1) is 32.0 Å². The maximum absolute atomic E-state index is 12.8. The molecule has 0 amide bonds. The lowest BCUT2D eigenvalue weighted by Crippen LogP contribution is -2.09. The third kappa shape index (κ3) is 13.5. The van der Waals surface area contributed by atoms with E-state index in [4.69, 9.17) is 23.7 Å². The lowest BCUT2D eigenvalue weighted by atomic mass is 10.1. The summed E-state index contributed by atoms with van der Waals surface area (Å²) >= 11 is 0. The summed E-state index contributed by atoms with van der Waals surface area (Å²) in [4.78, 5) is 34.8. The Kier molecular flexibility index (Phi) is 15.5. The van der Waals surface area contributed by atoms with Crippen LogP contribution in [0.5, 0.6) is 17.2 Å². The molecule has 0 saturated heterocycles. The quantitative estimate of drug-likeness (QED) is 0.0517. The van der Waals surface area contributed by atoms with Crippen LogP contribution in [0.1, 0.15) is 61.7 Å². The molecule has 0 atom stereocenters. The minimum atomic E-state index is -0.458. The maximum atomic E-state index is 12.8. The van der Waals surface area contributed by atoms with Crippen LogP contribution in [0.4, 0.5) is 0 Å². The standard InChI is InChI=1S/C37H42O8/c1-3-35(38)43-26-11-7-5-9-24-41-32-20-16-29(17-21-32)30-18-22-33(23-19-30)45-37(40)31-14-13-15-34(28-31)42-25-10-6-8-12-27-44-36(39)4-2/h3-4,13-23,28H,1-2,5-12,24-27H2. The Bertz CT molecular complexity index is 1360. The Hall–Kier alpha value is -4.85. The van der Waals surface area contributed by atoms with Gasteiger partial charge in [0, 0.05) is 12.2 Å². The van der Waals surface area contributed by atoms with Crippen molar-refractivity contribution in [3.05, 3.63) is 104 Å². The van der Waals surface area contributed by atoms with Gasteiger partial charge in [-0.25, -0.2) is 14.4 Å². The van der Waals surface area contributed by atoms with Crippen molar-refractivity contribution in [3.8, 4) is 28.4 Å². The van der Waals surface area contributed by atoms with E-state index in [1.165, 1.54) is 6.08 Å². The predicted octanol–water partition coefficient (Wildman–Crippen LogP) is 7.91. The molecule has 238 valence electrons. The van der Waals surface area contributed by atoms with Gasteiger partial charge in [0.1, 0.15) is 17.2 Å². The van der Waals surface area contributed by atoms with Gasteiger partial charge in [-0.1, -0.05) is 43.5 Å². The van der Waals surface area contributed by atoms with Gasteiger partial charge in [-0.15, -0.1) is 0 Å². The molecule has 3 rings (SSSR count). The number of carbonyl (C=O) groups is 3. The lowest BCUT2D eigenvalue weighted by Gasteiger charge is -2.10. The highest BCUT2D eigenvalue weighted by molar-refractivity contribution is 5.91. The van der Waals surface area contributed by atoms with Crippen molar-refractivity contribution < 1.29 is 38.1 Å². The van der Waals surface area contributed by atoms with Gasteiger partial charge in [0.25, 0.3) is 0 Å². The van der Waals surface area contributed by atoms with Crippen LogP contribution in [-0.4, -0.2) is 44.3 Å². The van der Waals surface area contributed by atoms with Gasteiger partial charge < -0.3 is 23.7 Å². The SMILES string of the molecule is C=CC(=O)OCCCCCCOc1ccc(-c2ccc(OC(=O)c3cccc(OCCCCCCOC(=O)C=C)c3)cc2)cc1. The first-order valence-electron chi connectivity index (χ1n) is 15.3. The number of rotatable bonds is 21. The second kappa shape index (κ2) is 20.2. The second-order valence-electron chi connectivity index (χ2n) is 10.2. The van der Waals surface area contributed by atoms with Crippen LogP contribution >= 0.6 is 0 Å². The lowest BCUT2D eigenvalue weighted by molar-refractivity contribution is -0.138. The zero-order chi connectivity index (χ0) is 32.1. The summed E-state index contributed by atoms with van der Waals surface area (Å²) < 4.78 is 27.2. The van der Waals surface area contributed by atoms with Gasteiger partial charge in [0.2, 0.25) is 0 Å². The fourth-order valence-corrected chi connectivity index (χ4v) is 4.30. The normalized spacial score (nSPS) is 10.4. The van der Waals surface area contributed by atoms with Crippen LogP contribution in [0.15, 0.2) is 98.1 Å². The highest BCUT2D eigenvalue weighted by atomic mass is 16.5. The number of hydrogen-bond donors (Lipinski definition) is 0. The van der Waals surface area contributed by atoms with Gasteiger partial charge in [-0.05, 0) is 105 Å². The number of unbranched alkanes of at least 4 members (excludes halogenated alkanes) is 6. The molecule has 0 saturated carbocycles. The minimum absolute atomic E-state index is 0.381. The predicted molar refractivity (Wildman–Crippen MR) is 174 cm³/mol. The molecule has 0 aliphatic carbocycles. The first kappa shape index (κ1) is 34.6. The van der Waals surface area contributed by atoms with E-state index in [0.717, 1.165) is 74.3 Å². The van der Waals surface area contributed by atoms with Crippen molar-refractivity contribution in [3.63, 3.8) is 0 Å². The molecule has 3 aromatic rings. The maximum Gasteiger partial charge on any atom is 0.343 e. The van der Waals surface area contributed by atoms with Crippen LogP contribution in [0, 0.1) is 0 Å². The Labute approximate surface area is 265 Å². The van der Waals surface area contributed by atoms with E-state index < -0.39 is 11.9 Å². The molecule has 0 radical (unpaired) electrons. The van der Waals surface area contributed by atoms with Crippen LogP contribution in [-0.2, 0) is 19.1 Å². The fourth-order valence-electron chi connectivity index (χ4n) is 4.30. The molecule has 0 unspecified atom stereocenters. The van der Waals surface area contributed by atoms with E-state index >= 15 is 0 Å². The number of ether oxygens (including phenoxy) is 5. The molecule has 0 bridgehead atoms. The van der Waals surface area contributed by atoms with Crippen molar-refractivity contribution >= 4 is 17.9 Å². The van der Waals surface area contributed by atoms with Crippen molar-refractivity contribution in [1.82, 2.24) is 0 Å². The van der Waals surface area contributed by atoms with E-state index in [1.54, 1.807) is 30.3 Å². The van der Waals surface area contributed by atoms with Gasteiger partial charge in [0.15, 0.2) is 0 Å². The van der Waals surface area contributed by atoms with Crippen LogP contribution in [0.2, 0.25) is 0 Å². The molecular weight excluding hydrogens is 572 g/mol. The molecule has 0 aliphatic heterocycles. The molecule has 45 heavy (non-hydrogen) atoms. The van der Waals surface area contributed by atoms with E-state index in [0.29, 0.717) is 43.5 Å². The van der Waals surface area contributed by atoms with Crippen molar-refractivity contribution in [1.29, 1.82) is 0 Å². The first-order chi connectivity index (χ1) is 22.0. The molecule has 0 N–H and O–H groups in total. The van der Waals surface area contributed by atoms with E-state index in [9.17, 15) is 14.4 Å². The van der Waals surface area contributed by atoms with E-state index in [1.807, 2.05) is 42.5 Å². The average Bonchev–Trinajstić information content (AvgIpc) is 3.07. The van der Waals surface area contributed by atoms with Gasteiger partial charge in [-0.3, -0.25) is 0 Å². The highest BCUT2D eigenvalue weighted by Crippen LogP contribution is 2.25. The Morgan fingerprint density at radius 3 is 1.51 bits per heavy atom. The van der Waals surface area contributed by atoms with Crippen LogP contribution in [0.3, 0.4) is 0 Å². The zero-order valence-corrected chi connectivity index (χ0v) is 25.7. The van der Waals surface area contributed by atoms with Gasteiger partial charge in [-0.2, -0.15) is 0 Å². The first-order valence-corrected chi connectivity index (χ1v) is 15.3. The van der Waals surface area contributed by atoms with Crippen molar-refractivity contribution in [2.24, 2.45) is 0 Å². The van der Waals surface area contributed by atoms with Crippen molar-refractivity contribution in [2.45, 2.75) is 51.4 Å². The third-order valence-corrected chi connectivity index (χ3v) is 6.76. The number of carbonyl (C=O) groups excluding carboxylic acids is 3. The topological polar surface area (TPSA) is 97.4 Å². The molecular formula is C37H42O8. The largest absolute Gasteiger partial charge is 0.494 e. The Balaban J connectivity index is 1.35. The van der Waals surface area contributed by atoms with Gasteiger partial charge >= 0.3 is 17.9 Å². The molecule has 8 nitrogen and oxygen atoms in total. The number of esters is 3. The summed E-state index contributed by atoms with van der Waals surface area (Å²) in [5.74, 6) is 0.626. The average molecular weight is 615 g/mol. The monoisotopic (exact) mass is 614 g/mol. The number of benzene rings is 3. The molecule has 3 aromatic carbocycles. The highest BCUT2D eigenvalue weighted by Gasteiger charge is 2.10. The second-order valence-corrected chi connectivity index (χ2v) is 10.2. The molecule has 0 heterocycles. The third-order valence-electron chi connectivity index (χ3n) is 6.76. The summed E-state index contributed by atoms with van der Waals surface area (Å²) in [5.41, 5.74) is 2.42. The van der Waals surface area contributed by atoms with E-state index in [-0.39, 0.29) is 5.97 Å². The fraction of sp³-hybridized carbons (Fsp3) is 0.324. The summed E-state index contributed by atoms with van der Waals surface area (Å²) in [5, 5.41) is 0. The Morgan fingerprint density at radius 1 is 0.533 bits per heavy atom. The van der Waals surface area contributed by atoms with Crippen LogP contribution in [0.25, 0.3) is 11.1 Å². The summed E-state index contributed by atoms with van der Waals surface area (Å²) in [6, 6.07) is 22.2. The smallest absolute Gasteiger partial charge is 0.343 e. The summed E-state index contributed by atoms with van der Waals surface area (Å²) in [7, 11) is 0. The molecule has 0 fully saturated rings. The van der Waals surface area contributed by atoms with Crippen molar-refractivity contribution in [2.75, 3.05) is 26.4 Å². The summed E-state index contributed by atoms with van der Waals surface area (Å²) in [6.45, 7) is 8.71. The molecule has 0 aliphatic rings. The Morgan fingerprint density at radius 2 is 1.00 bits per heavy atom. The van der Waals surface area contributed by atoms with Crippen LogP contribution < -0.4 is 14.2 Å².